The highest BCUT2D eigenvalue weighted by Crippen LogP contribution is 2.20. The van der Waals surface area contributed by atoms with Crippen molar-refractivity contribution in [1.29, 1.82) is 0 Å². The van der Waals surface area contributed by atoms with Gasteiger partial charge in [0.05, 0.1) is 19.3 Å². The molecule has 1 aromatic heterocycles. The molecule has 8 nitrogen and oxygen atoms in total. The van der Waals surface area contributed by atoms with Gasteiger partial charge in [0.25, 0.3) is 0 Å². The minimum atomic E-state index is -4.61. The standard InChI is InChI=1S/C28H38F3NO7/c1-4-5-15-36-17-13-22-12-14-32(27(35)38-19-28(29,30)31)24(22)7-6-16-37-23-10-8-21(9-11-23)18-25(26(33)34)39-20(2)3/h8-12,14,20,25H,4-7,13,15-19H2,1-3H3,(H,33,34). The molecule has 2 rings (SSSR count). The number of carbonyl (C=O) groups is 2. The molecule has 0 saturated heterocycles. The van der Waals surface area contributed by atoms with Crippen LogP contribution in [0.1, 0.15) is 56.9 Å². The zero-order valence-electron chi connectivity index (χ0n) is 22.7. The molecule has 11 heteroatoms. The van der Waals surface area contributed by atoms with Gasteiger partial charge in [-0.25, -0.2) is 9.59 Å². The minimum Gasteiger partial charge on any atom is -0.494 e. The largest absolute Gasteiger partial charge is 0.494 e. The molecule has 0 aliphatic rings. The number of aliphatic carboxylic acids is 1. The van der Waals surface area contributed by atoms with Gasteiger partial charge < -0.3 is 24.1 Å². The normalized spacial score (nSPS) is 12.5. The summed E-state index contributed by atoms with van der Waals surface area (Å²) >= 11 is 0. The van der Waals surface area contributed by atoms with E-state index in [1.165, 1.54) is 6.20 Å². The third-order valence-electron chi connectivity index (χ3n) is 5.68. The third-order valence-corrected chi connectivity index (χ3v) is 5.68. The molecule has 0 saturated carbocycles. The van der Waals surface area contributed by atoms with Crippen molar-refractivity contribution in [2.75, 3.05) is 26.4 Å². The van der Waals surface area contributed by atoms with Crippen LogP contribution in [0.3, 0.4) is 0 Å². The van der Waals surface area contributed by atoms with E-state index in [2.05, 4.69) is 11.7 Å². The Morgan fingerprint density at radius 3 is 2.33 bits per heavy atom. The number of hydrogen-bond acceptors (Lipinski definition) is 6. The van der Waals surface area contributed by atoms with E-state index in [0.29, 0.717) is 50.5 Å². The summed E-state index contributed by atoms with van der Waals surface area (Å²) in [7, 11) is 0. The van der Waals surface area contributed by atoms with E-state index in [4.69, 9.17) is 14.2 Å². The van der Waals surface area contributed by atoms with Crippen LogP contribution in [-0.4, -0.2) is 66.5 Å². The molecule has 1 aromatic carbocycles. The maximum absolute atomic E-state index is 12.5. The molecule has 39 heavy (non-hydrogen) atoms. The third kappa shape index (κ3) is 12.1. The Balaban J connectivity index is 1.95. The van der Waals surface area contributed by atoms with Crippen LogP contribution in [0.2, 0.25) is 0 Å². The quantitative estimate of drug-likeness (QED) is 0.245. The smallest absolute Gasteiger partial charge is 0.422 e. The predicted octanol–water partition coefficient (Wildman–Crippen LogP) is 5.83. The number of alkyl halides is 3. The molecule has 0 radical (unpaired) electrons. The lowest BCUT2D eigenvalue weighted by Gasteiger charge is -2.16. The molecule has 1 N–H and O–H groups in total. The Morgan fingerprint density at radius 2 is 1.72 bits per heavy atom. The number of rotatable bonds is 17. The zero-order valence-corrected chi connectivity index (χ0v) is 22.7. The number of halogens is 3. The highest BCUT2D eigenvalue weighted by Gasteiger charge is 2.30. The van der Waals surface area contributed by atoms with Gasteiger partial charge in [-0.3, -0.25) is 4.57 Å². The average Bonchev–Trinajstić information content (AvgIpc) is 3.27. The molecular formula is C28H38F3NO7. The number of benzene rings is 1. The lowest BCUT2D eigenvalue weighted by atomic mass is 10.1. The van der Waals surface area contributed by atoms with Gasteiger partial charge in [-0.1, -0.05) is 25.5 Å². The lowest BCUT2D eigenvalue weighted by Crippen LogP contribution is -2.29. The number of carboxylic acids is 1. The Labute approximate surface area is 227 Å². The Kier molecular flexibility index (Phi) is 13.3. The average molecular weight is 558 g/mol. The van der Waals surface area contributed by atoms with Crippen LogP contribution < -0.4 is 4.74 Å². The van der Waals surface area contributed by atoms with Crippen molar-refractivity contribution in [3.05, 3.63) is 53.3 Å². The van der Waals surface area contributed by atoms with Crippen molar-refractivity contribution in [2.24, 2.45) is 0 Å². The topological polar surface area (TPSA) is 96.2 Å². The van der Waals surface area contributed by atoms with Gasteiger partial charge in [0.15, 0.2) is 12.7 Å². The summed E-state index contributed by atoms with van der Waals surface area (Å²) in [5.41, 5.74) is 2.15. The van der Waals surface area contributed by atoms with Crippen LogP contribution in [0.4, 0.5) is 18.0 Å². The molecule has 218 valence electrons. The van der Waals surface area contributed by atoms with Crippen molar-refractivity contribution in [3.8, 4) is 5.75 Å². The molecular weight excluding hydrogens is 519 g/mol. The first-order chi connectivity index (χ1) is 18.5. The van der Waals surface area contributed by atoms with Gasteiger partial charge in [0.1, 0.15) is 5.75 Å². The first-order valence-corrected chi connectivity index (χ1v) is 13.1. The first kappa shape index (κ1) is 32.2. The van der Waals surface area contributed by atoms with E-state index in [9.17, 15) is 27.9 Å². The van der Waals surface area contributed by atoms with E-state index in [1.54, 1.807) is 44.2 Å². The number of ether oxygens (including phenoxy) is 4. The second kappa shape index (κ2) is 16.1. The first-order valence-electron chi connectivity index (χ1n) is 13.1. The predicted molar refractivity (Wildman–Crippen MR) is 138 cm³/mol. The highest BCUT2D eigenvalue weighted by atomic mass is 19.4. The fraction of sp³-hybridized carbons (Fsp3) is 0.571. The molecule has 0 aliphatic heterocycles. The molecule has 2 aromatic rings. The van der Waals surface area contributed by atoms with Gasteiger partial charge in [-0.2, -0.15) is 13.2 Å². The fourth-order valence-corrected chi connectivity index (χ4v) is 3.82. The van der Waals surface area contributed by atoms with E-state index in [0.717, 1.165) is 28.5 Å². The van der Waals surface area contributed by atoms with Gasteiger partial charge >= 0.3 is 18.2 Å². The maximum Gasteiger partial charge on any atom is 0.422 e. The fourth-order valence-electron chi connectivity index (χ4n) is 3.82. The van der Waals surface area contributed by atoms with Crippen molar-refractivity contribution in [1.82, 2.24) is 4.57 Å². The van der Waals surface area contributed by atoms with E-state index >= 15 is 0 Å². The summed E-state index contributed by atoms with van der Waals surface area (Å²) in [6.45, 7) is 5.30. The second-order valence-corrected chi connectivity index (χ2v) is 9.36. The highest BCUT2D eigenvalue weighted by molar-refractivity contribution is 5.73. The Morgan fingerprint density at radius 1 is 1.00 bits per heavy atom. The molecule has 1 unspecified atom stereocenters. The Bertz CT molecular complexity index is 1020. The van der Waals surface area contributed by atoms with Crippen molar-refractivity contribution >= 4 is 12.1 Å². The van der Waals surface area contributed by atoms with Crippen molar-refractivity contribution in [3.63, 3.8) is 0 Å². The second-order valence-electron chi connectivity index (χ2n) is 9.36. The summed E-state index contributed by atoms with van der Waals surface area (Å²) in [6, 6.07) is 8.71. The van der Waals surface area contributed by atoms with Gasteiger partial charge in [0.2, 0.25) is 0 Å². The summed E-state index contributed by atoms with van der Waals surface area (Å²) < 4.78 is 60.0. The van der Waals surface area contributed by atoms with Gasteiger partial charge in [-0.05, 0) is 68.9 Å². The number of unbranched alkanes of at least 4 members (excludes halogenated alkanes) is 1. The number of hydrogen-bond donors (Lipinski definition) is 1. The maximum atomic E-state index is 12.5. The summed E-state index contributed by atoms with van der Waals surface area (Å²) in [6.07, 6.45) is -1.89. The molecule has 0 aliphatic carbocycles. The molecule has 1 heterocycles. The van der Waals surface area contributed by atoms with E-state index in [-0.39, 0.29) is 12.5 Å². The van der Waals surface area contributed by atoms with Crippen LogP contribution in [0.25, 0.3) is 0 Å². The van der Waals surface area contributed by atoms with E-state index < -0.39 is 30.9 Å². The minimum absolute atomic E-state index is 0.213. The molecule has 0 amide bonds. The summed E-state index contributed by atoms with van der Waals surface area (Å²) in [5.74, 6) is -0.442. The zero-order chi connectivity index (χ0) is 28.8. The van der Waals surface area contributed by atoms with Crippen LogP contribution in [-0.2, 0) is 38.3 Å². The van der Waals surface area contributed by atoms with Crippen LogP contribution in [0.15, 0.2) is 36.5 Å². The van der Waals surface area contributed by atoms with Gasteiger partial charge in [-0.15, -0.1) is 0 Å². The van der Waals surface area contributed by atoms with Crippen LogP contribution in [0, 0.1) is 0 Å². The van der Waals surface area contributed by atoms with Crippen molar-refractivity contribution < 1.29 is 46.8 Å². The molecule has 0 fully saturated rings. The van der Waals surface area contributed by atoms with Crippen molar-refractivity contribution in [2.45, 2.75) is 77.7 Å². The summed E-state index contributed by atoms with van der Waals surface area (Å²) in [4.78, 5) is 23.7. The molecule has 0 spiro atoms. The number of nitrogens with zero attached hydrogens (tertiary/aromatic N) is 1. The number of carboxylic acid groups (broad SMARTS) is 1. The SMILES string of the molecule is CCCCOCCc1ccn(C(=O)OCC(F)(F)F)c1CCCOc1ccc(CC(OC(C)C)C(=O)O)cc1. The van der Waals surface area contributed by atoms with Crippen LogP contribution in [0.5, 0.6) is 5.75 Å². The van der Waals surface area contributed by atoms with Crippen LogP contribution >= 0.6 is 0 Å². The summed E-state index contributed by atoms with van der Waals surface area (Å²) in [5, 5.41) is 9.34. The number of carbonyl (C=O) groups excluding carboxylic acids is 1. The van der Waals surface area contributed by atoms with Gasteiger partial charge in [0, 0.05) is 24.9 Å². The lowest BCUT2D eigenvalue weighted by molar-refractivity contribution is -0.160. The monoisotopic (exact) mass is 557 g/mol. The molecule has 1 atom stereocenters. The number of aromatic nitrogens is 1. The Hall–Kier alpha value is -3.05. The molecule has 0 bridgehead atoms. The van der Waals surface area contributed by atoms with E-state index in [1.807, 2.05) is 0 Å².